The average Bonchev–Trinajstić information content (AvgIpc) is 2.93. The molecule has 0 spiro atoms. The topological polar surface area (TPSA) is 25.8 Å². The van der Waals surface area contributed by atoms with Crippen molar-refractivity contribution in [2.75, 3.05) is 0 Å². The van der Waals surface area contributed by atoms with Gasteiger partial charge >= 0.3 is 0 Å². The van der Waals surface area contributed by atoms with E-state index in [2.05, 4.69) is 111 Å². The Morgan fingerprint density at radius 2 is 1.26 bits per heavy atom. The van der Waals surface area contributed by atoms with Gasteiger partial charge in [0.05, 0.1) is 8.07 Å². The summed E-state index contributed by atoms with van der Waals surface area (Å²) < 4.78 is 0. The van der Waals surface area contributed by atoms with Crippen molar-refractivity contribution in [1.82, 2.24) is 9.97 Å². The molecule has 0 N–H and O–H groups in total. The number of aryl methyl sites for hydroxylation is 3. The molecule has 0 atom stereocenters. The minimum absolute atomic E-state index is 0. The molecule has 0 aliphatic heterocycles. The Bertz CT molecular complexity index is 1460. The predicted molar refractivity (Wildman–Crippen MR) is 164 cm³/mol. The molecule has 0 unspecified atom stereocenters. The third-order valence-corrected chi connectivity index (χ3v) is 8.53. The fourth-order valence-electron chi connectivity index (χ4n) is 4.58. The minimum atomic E-state index is -1.30. The van der Waals surface area contributed by atoms with Crippen molar-refractivity contribution in [1.29, 1.82) is 0 Å². The van der Waals surface area contributed by atoms with Gasteiger partial charge in [0.2, 0.25) is 0 Å². The molecule has 2 aromatic heterocycles. The summed E-state index contributed by atoms with van der Waals surface area (Å²) in [5.74, 6) is 0. The van der Waals surface area contributed by atoms with E-state index in [9.17, 15) is 0 Å². The van der Waals surface area contributed by atoms with Gasteiger partial charge in [-0.15, -0.1) is 71.8 Å². The van der Waals surface area contributed by atoms with Crippen LogP contribution in [0.15, 0.2) is 97.3 Å². The second-order valence-electron chi connectivity index (χ2n) is 10.7. The molecule has 2 nitrogen and oxygen atoms in total. The van der Waals surface area contributed by atoms with Gasteiger partial charge in [0.25, 0.3) is 0 Å². The molecule has 2 heterocycles. The Hall–Kier alpha value is -3.17. The maximum Gasteiger partial charge on any atom is 0.0798 e. The van der Waals surface area contributed by atoms with Crippen molar-refractivity contribution in [3.8, 4) is 33.6 Å². The predicted octanol–water partition coefficient (Wildman–Crippen LogP) is 8.49. The fraction of sp³-hybridized carbons (Fsp3) is 0.200. The third kappa shape index (κ3) is 8.16. The van der Waals surface area contributed by atoms with Crippen LogP contribution in [0, 0.1) is 26.0 Å². The average molecular weight is 705 g/mol. The molecule has 5 aromatic rings. The van der Waals surface area contributed by atoms with Crippen LogP contribution in [0.3, 0.4) is 0 Å². The smallest absolute Gasteiger partial charge is 0.0798 e. The van der Waals surface area contributed by atoms with E-state index in [1.807, 2.05) is 48.7 Å². The second kappa shape index (κ2) is 13.8. The monoisotopic (exact) mass is 705 g/mol. The number of nitrogens with zero attached hydrogens (tertiary/aromatic N) is 2. The molecule has 201 valence electrons. The van der Waals surface area contributed by atoms with Gasteiger partial charge in [-0.1, -0.05) is 79.7 Å². The Morgan fingerprint density at radius 3 is 1.74 bits per heavy atom. The molecule has 0 fully saturated rings. The normalized spacial score (nSPS) is 10.7. The van der Waals surface area contributed by atoms with Crippen LogP contribution < -0.4 is 5.19 Å². The standard InChI is InChI=1S/C19H16N.C16H20NSi.Ir/c1-14-10-15(2)12-18(11-14)17-8-9-19(20-13-17)16-6-4-3-5-7-16;1-5-13-11-15(14-9-7-6-8-10-14)17-12-16(13)18(2,3)4;/h3-6,8-13H,1-2H3;6-9,11-12H,5H2,1-4H3;/q2*-1;. The second-order valence-corrected chi connectivity index (χ2v) is 15.7. The summed E-state index contributed by atoms with van der Waals surface area (Å²) in [6.45, 7) is 13.6. The van der Waals surface area contributed by atoms with Gasteiger partial charge in [0, 0.05) is 32.5 Å². The van der Waals surface area contributed by atoms with Crippen LogP contribution in [0.5, 0.6) is 0 Å². The van der Waals surface area contributed by atoms with Crippen molar-refractivity contribution < 1.29 is 20.1 Å². The summed E-state index contributed by atoms with van der Waals surface area (Å²) >= 11 is 0. The Balaban J connectivity index is 0.000000211. The fourth-order valence-corrected chi connectivity index (χ4v) is 6.25. The molecule has 0 bridgehead atoms. The van der Waals surface area contributed by atoms with Gasteiger partial charge in [-0.25, -0.2) is 0 Å². The van der Waals surface area contributed by atoms with Crippen LogP contribution in [0.25, 0.3) is 33.6 Å². The minimum Gasteiger partial charge on any atom is -0.305 e. The molecule has 1 radical (unpaired) electrons. The van der Waals surface area contributed by atoms with E-state index in [0.717, 1.165) is 34.5 Å². The maximum absolute atomic E-state index is 4.63. The maximum atomic E-state index is 4.63. The first-order valence-electron chi connectivity index (χ1n) is 13.2. The molecule has 0 amide bonds. The Kier molecular flexibility index (Phi) is 10.7. The van der Waals surface area contributed by atoms with E-state index in [1.165, 1.54) is 27.4 Å². The molecule has 5 rings (SSSR count). The van der Waals surface area contributed by atoms with Gasteiger partial charge in [0.1, 0.15) is 0 Å². The van der Waals surface area contributed by atoms with E-state index in [1.54, 1.807) is 0 Å². The van der Waals surface area contributed by atoms with Crippen molar-refractivity contribution >= 4 is 13.3 Å². The van der Waals surface area contributed by atoms with Crippen molar-refractivity contribution in [3.05, 3.63) is 126 Å². The van der Waals surface area contributed by atoms with Gasteiger partial charge in [-0.05, 0) is 48.0 Å². The van der Waals surface area contributed by atoms with E-state index in [4.69, 9.17) is 0 Å². The van der Waals surface area contributed by atoms with E-state index in [-0.39, 0.29) is 20.1 Å². The molecular weight excluding hydrogens is 669 g/mol. The van der Waals surface area contributed by atoms with Crippen LogP contribution >= 0.6 is 0 Å². The molecule has 3 aromatic carbocycles. The third-order valence-electron chi connectivity index (χ3n) is 6.47. The molecule has 39 heavy (non-hydrogen) atoms. The van der Waals surface area contributed by atoms with E-state index < -0.39 is 8.07 Å². The van der Waals surface area contributed by atoms with Crippen LogP contribution in [0.2, 0.25) is 19.6 Å². The quantitative estimate of drug-likeness (QED) is 0.136. The number of rotatable bonds is 5. The van der Waals surface area contributed by atoms with Crippen LogP contribution in [0.1, 0.15) is 23.6 Å². The first kappa shape index (κ1) is 30.4. The molecule has 4 heteroatoms. The van der Waals surface area contributed by atoms with Gasteiger partial charge in [-0.2, -0.15) is 0 Å². The summed E-state index contributed by atoms with van der Waals surface area (Å²) in [6.07, 6.45) is 5.09. The number of benzene rings is 3. The molecule has 0 aliphatic carbocycles. The van der Waals surface area contributed by atoms with Crippen LogP contribution in [-0.2, 0) is 26.5 Å². The Labute approximate surface area is 249 Å². The Morgan fingerprint density at radius 1 is 0.667 bits per heavy atom. The summed E-state index contributed by atoms with van der Waals surface area (Å²) in [5, 5.41) is 1.48. The zero-order chi connectivity index (χ0) is 27.1. The van der Waals surface area contributed by atoms with Crippen molar-refractivity contribution in [2.24, 2.45) is 0 Å². The first-order valence-corrected chi connectivity index (χ1v) is 16.7. The number of pyridine rings is 2. The largest absolute Gasteiger partial charge is 0.305 e. The number of hydrogen-bond acceptors (Lipinski definition) is 2. The summed E-state index contributed by atoms with van der Waals surface area (Å²) in [7, 11) is -1.30. The molecule has 0 saturated heterocycles. The summed E-state index contributed by atoms with van der Waals surface area (Å²) in [4.78, 5) is 9.18. The van der Waals surface area contributed by atoms with Gasteiger partial charge in [-0.3, -0.25) is 0 Å². The molecular formula is C35H36IrN2Si-2. The number of hydrogen-bond donors (Lipinski definition) is 0. The summed E-state index contributed by atoms with van der Waals surface area (Å²) in [6, 6.07) is 35.4. The van der Waals surface area contributed by atoms with Crippen molar-refractivity contribution in [3.63, 3.8) is 0 Å². The van der Waals surface area contributed by atoms with E-state index >= 15 is 0 Å². The first-order chi connectivity index (χ1) is 18.2. The van der Waals surface area contributed by atoms with Gasteiger partial charge in [0.15, 0.2) is 0 Å². The molecule has 0 saturated carbocycles. The van der Waals surface area contributed by atoms with E-state index in [0.29, 0.717) is 0 Å². The SMILES string of the molecule is CCc1cc(-c2[c-]cccc2)ncc1[Si](C)(C)C.Cc1cc(C)cc(-c2ccc(-c3[c-]cccc3)nc2)c1.[Ir]. The van der Waals surface area contributed by atoms with Crippen LogP contribution in [0.4, 0.5) is 0 Å². The van der Waals surface area contributed by atoms with Crippen LogP contribution in [-0.4, -0.2) is 18.0 Å². The zero-order valence-corrected chi connectivity index (χ0v) is 27.1. The zero-order valence-electron chi connectivity index (χ0n) is 23.7. The van der Waals surface area contributed by atoms with Gasteiger partial charge < -0.3 is 9.97 Å². The summed E-state index contributed by atoms with van der Waals surface area (Å²) in [5.41, 5.74) is 10.5. The number of aromatic nitrogens is 2. The van der Waals surface area contributed by atoms with Crippen molar-refractivity contribution in [2.45, 2.75) is 46.8 Å². The molecule has 0 aliphatic rings.